The topological polar surface area (TPSA) is 112 Å². The van der Waals surface area contributed by atoms with E-state index < -0.39 is 37.9 Å². The molecule has 0 saturated carbocycles. The van der Waals surface area contributed by atoms with Crippen LogP contribution in [0.15, 0.2) is 39.7 Å². The molecule has 1 aliphatic carbocycles. The first-order valence-corrected chi connectivity index (χ1v) is 8.13. The zero-order valence-corrected chi connectivity index (χ0v) is 13.1. The fraction of sp³-hybridized carbons (Fsp3) is 0. The van der Waals surface area contributed by atoms with Crippen LogP contribution in [0.1, 0.15) is 31.8 Å². The molecule has 1 aliphatic rings. The lowest BCUT2D eigenvalue weighted by Crippen LogP contribution is -2.22. The number of hydrogen-bond acceptors (Lipinski definition) is 6. The molecule has 0 atom stereocenters. The lowest BCUT2D eigenvalue weighted by atomic mass is 9.83. The number of hydrogen-bond donors (Lipinski definition) is 1. The first-order valence-electron chi connectivity index (χ1n) is 5.93. The van der Waals surface area contributed by atoms with Crippen LogP contribution in [0, 0.1) is 0 Å². The van der Waals surface area contributed by atoms with Gasteiger partial charge >= 0.3 is 0 Å². The molecule has 3 rings (SSSR count). The van der Waals surface area contributed by atoms with E-state index in [1.54, 1.807) is 6.07 Å². The fourth-order valence-corrected chi connectivity index (χ4v) is 3.76. The van der Waals surface area contributed by atoms with E-state index in [-0.39, 0.29) is 21.2 Å². The quantitative estimate of drug-likeness (QED) is 0.643. The number of aromatic hydroxyl groups is 1. The van der Waals surface area contributed by atoms with Gasteiger partial charge in [-0.3, -0.25) is 9.59 Å². The number of fused-ring (bicyclic) bond motifs is 2. The summed E-state index contributed by atoms with van der Waals surface area (Å²) in [5.74, 6) is -2.25. The number of phenolic OH excluding ortho intramolecular Hbond substituents is 1. The van der Waals surface area contributed by atoms with Gasteiger partial charge in [-0.25, -0.2) is 8.42 Å². The molecule has 2 aromatic carbocycles. The van der Waals surface area contributed by atoms with Gasteiger partial charge in [0.25, 0.3) is 0 Å². The molecule has 1 N–H and O–H groups in total. The summed E-state index contributed by atoms with van der Waals surface area (Å²) in [4.78, 5) is 24.0. The predicted octanol–water partition coefficient (Wildman–Crippen LogP) is 1.83. The highest BCUT2D eigenvalue weighted by Gasteiger charge is 2.35. The van der Waals surface area contributed by atoms with E-state index in [1.165, 1.54) is 18.2 Å². The van der Waals surface area contributed by atoms with Crippen LogP contribution >= 0.6 is 15.9 Å². The summed E-state index contributed by atoms with van der Waals surface area (Å²) >= 11 is 2.99. The average Bonchev–Trinajstić information content (AvgIpc) is 2.45. The maximum absolute atomic E-state index is 12.5. The molecule has 112 valence electrons. The van der Waals surface area contributed by atoms with Crippen LogP contribution in [0.4, 0.5) is 0 Å². The second-order valence-electron chi connectivity index (χ2n) is 4.61. The van der Waals surface area contributed by atoms with Gasteiger partial charge in [-0.1, -0.05) is 24.3 Å². The van der Waals surface area contributed by atoms with Crippen molar-refractivity contribution in [2.75, 3.05) is 0 Å². The summed E-state index contributed by atoms with van der Waals surface area (Å²) in [6.07, 6.45) is 0. The van der Waals surface area contributed by atoms with Crippen molar-refractivity contribution < 1.29 is 27.7 Å². The smallest absolute Gasteiger partial charge is 0.198 e. The lowest BCUT2D eigenvalue weighted by molar-refractivity contribution is 0.0975. The van der Waals surface area contributed by atoms with Gasteiger partial charge in [0.15, 0.2) is 11.6 Å². The molecule has 0 unspecified atom stereocenters. The Hall–Kier alpha value is -2.03. The second-order valence-corrected chi connectivity index (χ2v) is 6.82. The number of halogens is 1. The molecule has 0 amide bonds. The summed E-state index contributed by atoms with van der Waals surface area (Å²) in [6, 6.07) is 6.80. The Morgan fingerprint density at radius 3 is 2.00 bits per heavy atom. The highest BCUT2D eigenvalue weighted by molar-refractivity contribution is 9.10. The zero-order valence-electron chi connectivity index (χ0n) is 10.7. The molecule has 0 heterocycles. The van der Waals surface area contributed by atoms with Crippen molar-refractivity contribution in [3.05, 3.63) is 57.1 Å². The van der Waals surface area contributed by atoms with E-state index in [4.69, 9.17) is 0 Å². The average molecular weight is 382 g/mol. The van der Waals surface area contributed by atoms with Crippen molar-refractivity contribution in [1.29, 1.82) is 0 Å². The molecular weight excluding hydrogens is 376 g/mol. The molecule has 8 heteroatoms. The van der Waals surface area contributed by atoms with Crippen molar-refractivity contribution in [2.45, 2.75) is 4.90 Å². The lowest BCUT2D eigenvalue weighted by Gasteiger charge is -2.21. The van der Waals surface area contributed by atoms with Crippen molar-refractivity contribution in [1.82, 2.24) is 0 Å². The Morgan fingerprint density at radius 1 is 1.00 bits per heavy atom. The third-order valence-electron chi connectivity index (χ3n) is 3.36. The number of carbonyl (C=O) groups is 2. The monoisotopic (exact) mass is 381 g/mol. The molecule has 2 aromatic rings. The maximum atomic E-state index is 12.5. The van der Waals surface area contributed by atoms with Crippen LogP contribution in [0.2, 0.25) is 0 Å². The number of phenols is 1. The van der Waals surface area contributed by atoms with Crippen LogP contribution < -0.4 is 0 Å². The van der Waals surface area contributed by atoms with Crippen LogP contribution in [0.5, 0.6) is 5.75 Å². The molecule has 0 aliphatic heterocycles. The number of benzene rings is 2. The maximum Gasteiger partial charge on any atom is 0.198 e. The normalized spacial score (nSPS) is 13.7. The molecule has 0 radical (unpaired) electrons. The first-order chi connectivity index (χ1) is 10.2. The highest BCUT2D eigenvalue weighted by Crippen LogP contribution is 2.40. The Labute approximate surface area is 133 Å². The number of rotatable bonds is 1. The highest BCUT2D eigenvalue weighted by atomic mass is 79.9. The van der Waals surface area contributed by atoms with Crippen LogP contribution in [-0.4, -0.2) is 29.6 Å². The Kier molecular flexibility index (Phi) is 3.20. The largest absolute Gasteiger partial charge is 0.744 e. The molecule has 6 nitrogen and oxygen atoms in total. The minimum Gasteiger partial charge on any atom is -0.744 e. The second kappa shape index (κ2) is 4.73. The summed E-state index contributed by atoms with van der Waals surface area (Å²) in [5.41, 5.74) is -0.443. The Bertz CT molecular complexity index is 962. The van der Waals surface area contributed by atoms with Gasteiger partial charge in [0.1, 0.15) is 15.9 Å². The third-order valence-corrected chi connectivity index (χ3v) is 4.83. The van der Waals surface area contributed by atoms with Gasteiger partial charge in [0.05, 0.1) is 16.0 Å². The van der Waals surface area contributed by atoms with E-state index in [9.17, 15) is 27.7 Å². The zero-order chi connectivity index (χ0) is 16.2. The van der Waals surface area contributed by atoms with Crippen LogP contribution in [0.3, 0.4) is 0 Å². The summed E-state index contributed by atoms with van der Waals surface area (Å²) in [5, 5.41) is 10.0. The van der Waals surface area contributed by atoms with Gasteiger partial charge in [0, 0.05) is 15.6 Å². The van der Waals surface area contributed by atoms with Crippen LogP contribution in [-0.2, 0) is 10.1 Å². The Morgan fingerprint density at radius 2 is 1.50 bits per heavy atom. The molecule has 22 heavy (non-hydrogen) atoms. The fourth-order valence-electron chi connectivity index (χ4n) is 2.40. The van der Waals surface area contributed by atoms with E-state index in [1.807, 2.05) is 0 Å². The van der Waals surface area contributed by atoms with Gasteiger partial charge < -0.3 is 9.66 Å². The van der Waals surface area contributed by atoms with Crippen molar-refractivity contribution in [3.8, 4) is 5.75 Å². The summed E-state index contributed by atoms with van der Waals surface area (Å²) in [7, 11) is -5.00. The molecule has 0 saturated heterocycles. The van der Waals surface area contributed by atoms with Gasteiger partial charge in [0.2, 0.25) is 0 Å². The molecule has 0 fully saturated rings. The first kappa shape index (κ1) is 14.9. The van der Waals surface area contributed by atoms with E-state index >= 15 is 0 Å². The van der Waals surface area contributed by atoms with E-state index in [0.717, 1.165) is 6.07 Å². The number of carbonyl (C=O) groups excluding carboxylic acids is 2. The van der Waals surface area contributed by atoms with Crippen molar-refractivity contribution in [3.63, 3.8) is 0 Å². The third kappa shape index (κ3) is 1.99. The van der Waals surface area contributed by atoms with Crippen LogP contribution in [0.25, 0.3) is 0 Å². The standard InChI is InChI=1S/C14H7BrO6S/c15-8-5-9(22(19,20)21)14(18)11-10(8)12(16)6-3-1-2-4-7(6)13(11)17/h1-5,18H,(H,19,20,21)/p-1. The van der Waals surface area contributed by atoms with Crippen molar-refractivity contribution >= 4 is 37.6 Å². The molecule has 0 bridgehead atoms. The summed E-state index contributed by atoms with van der Waals surface area (Å²) in [6.45, 7) is 0. The predicted molar refractivity (Wildman–Crippen MR) is 77.1 cm³/mol. The van der Waals surface area contributed by atoms with Gasteiger partial charge in [-0.2, -0.15) is 0 Å². The number of ketones is 2. The molecule has 0 aromatic heterocycles. The SMILES string of the molecule is O=C1c2ccccc2C(=O)c2c(O)c(S(=O)(=O)[O-])cc(Br)c21. The van der Waals surface area contributed by atoms with Gasteiger partial charge in [-0.15, -0.1) is 0 Å². The van der Waals surface area contributed by atoms with E-state index in [0.29, 0.717) is 0 Å². The Balaban J connectivity index is 2.44. The molecule has 0 spiro atoms. The minimum atomic E-state index is -5.00. The minimum absolute atomic E-state index is 0.0393. The van der Waals surface area contributed by atoms with Crippen molar-refractivity contribution in [2.24, 2.45) is 0 Å². The van der Waals surface area contributed by atoms with E-state index in [2.05, 4.69) is 15.9 Å². The summed E-state index contributed by atoms with van der Waals surface area (Å²) < 4.78 is 33.5. The van der Waals surface area contributed by atoms with Gasteiger partial charge in [-0.05, 0) is 22.0 Å². The molecular formula is C14H6BrO6S-.